The molecule has 138 valence electrons. The fourth-order valence-corrected chi connectivity index (χ4v) is 3.69. The molecular formula is C19H29N3O3. The highest BCUT2D eigenvalue weighted by Crippen LogP contribution is 2.26. The van der Waals surface area contributed by atoms with Gasteiger partial charge in [-0.25, -0.2) is 4.98 Å². The zero-order valence-corrected chi connectivity index (χ0v) is 15.2. The number of carbonyl (C=O) groups excluding carboxylic acids is 1. The third-order valence-corrected chi connectivity index (χ3v) is 5.07. The van der Waals surface area contributed by atoms with Crippen molar-refractivity contribution in [2.24, 2.45) is 5.92 Å². The highest BCUT2D eigenvalue weighted by atomic mass is 16.5. The molecule has 1 aromatic heterocycles. The quantitative estimate of drug-likeness (QED) is 0.880. The molecule has 2 atom stereocenters. The van der Waals surface area contributed by atoms with E-state index in [1.165, 1.54) is 0 Å². The van der Waals surface area contributed by atoms with Gasteiger partial charge in [0, 0.05) is 38.4 Å². The van der Waals surface area contributed by atoms with E-state index in [1.807, 2.05) is 4.90 Å². The molecule has 1 saturated carbocycles. The summed E-state index contributed by atoms with van der Waals surface area (Å²) < 4.78 is 5.72. The van der Waals surface area contributed by atoms with Crippen LogP contribution in [0, 0.1) is 5.92 Å². The lowest BCUT2D eigenvalue weighted by atomic mass is 10.1. The number of hydrogen-bond donors (Lipinski definition) is 1. The zero-order valence-electron chi connectivity index (χ0n) is 15.2. The van der Waals surface area contributed by atoms with E-state index in [0.29, 0.717) is 37.1 Å². The summed E-state index contributed by atoms with van der Waals surface area (Å²) in [6.45, 7) is 7.68. The topological polar surface area (TPSA) is 65.9 Å². The van der Waals surface area contributed by atoms with E-state index < -0.39 is 0 Å². The van der Waals surface area contributed by atoms with E-state index in [-0.39, 0.29) is 18.1 Å². The van der Waals surface area contributed by atoms with Gasteiger partial charge in [-0.1, -0.05) is 13.8 Å². The van der Waals surface area contributed by atoms with E-state index in [1.54, 1.807) is 18.3 Å². The highest BCUT2D eigenvalue weighted by Gasteiger charge is 2.33. The fourth-order valence-electron chi connectivity index (χ4n) is 3.69. The second-order valence-corrected chi connectivity index (χ2v) is 7.45. The first kappa shape index (κ1) is 18.1. The molecule has 2 fully saturated rings. The molecule has 2 heterocycles. The summed E-state index contributed by atoms with van der Waals surface area (Å²) in [5.41, 5.74) is 0.539. The van der Waals surface area contributed by atoms with Crippen LogP contribution in [-0.4, -0.2) is 70.7 Å². The standard InChI is InChI=1S/C19H29N3O3/c1-14(2)13-25-18-15(5-4-8-20-18)19(24)22-11-9-21(10-12-22)16-6-3-7-17(16)23/h4-5,8,14,16-17,23H,3,6-7,9-13H2,1-2H3/t16-,17-/m0/s1. The third-order valence-electron chi connectivity index (χ3n) is 5.07. The molecule has 1 aliphatic carbocycles. The average Bonchev–Trinajstić information content (AvgIpc) is 3.06. The monoisotopic (exact) mass is 347 g/mol. The predicted octanol–water partition coefficient (Wildman–Crippen LogP) is 1.79. The molecule has 1 aromatic rings. The van der Waals surface area contributed by atoms with E-state index in [4.69, 9.17) is 4.74 Å². The van der Waals surface area contributed by atoms with Crippen LogP contribution in [0.1, 0.15) is 43.5 Å². The summed E-state index contributed by atoms with van der Waals surface area (Å²) in [5, 5.41) is 10.1. The summed E-state index contributed by atoms with van der Waals surface area (Å²) in [6.07, 6.45) is 4.50. The first-order chi connectivity index (χ1) is 12.1. The zero-order chi connectivity index (χ0) is 17.8. The molecule has 0 spiro atoms. The maximum atomic E-state index is 12.9. The van der Waals surface area contributed by atoms with Crippen LogP contribution >= 0.6 is 0 Å². The fraction of sp³-hybridized carbons (Fsp3) is 0.684. The number of carbonyl (C=O) groups is 1. The van der Waals surface area contributed by atoms with Crippen molar-refractivity contribution >= 4 is 5.91 Å². The molecule has 6 heteroatoms. The van der Waals surface area contributed by atoms with Crippen LogP contribution in [0.2, 0.25) is 0 Å². The van der Waals surface area contributed by atoms with Crippen LogP contribution in [0.4, 0.5) is 0 Å². The summed E-state index contributed by atoms with van der Waals surface area (Å²) in [6, 6.07) is 3.83. The number of piperazine rings is 1. The van der Waals surface area contributed by atoms with Gasteiger partial charge in [-0.05, 0) is 37.3 Å². The molecule has 2 aliphatic rings. The van der Waals surface area contributed by atoms with Gasteiger partial charge in [0.1, 0.15) is 5.56 Å². The normalized spacial score (nSPS) is 24.7. The van der Waals surface area contributed by atoms with E-state index in [2.05, 4.69) is 23.7 Å². The smallest absolute Gasteiger partial charge is 0.259 e. The molecule has 6 nitrogen and oxygen atoms in total. The summed E-state index contributed by atoms with van der Waals surface area (Å²) >= 11 is 0. The maximum Gasteiger partial charge on any atom is 0.259 e. The number of amides is 1. The molecule has 1 amide bonds. The Kier molecular flexibility index (Phi) is 5.91. The first-order valence-corrected chi connectivity index (χ1v) is 9.35. The second-order valence-electron chi connectivity index (χ2n) is 7.45. The number of aliphatic hydroxyl groups excluding tert-OH is 1. The molecule has 0 radical (unpaired) electrons. The number of ether oxygens (including phenoxy) is 1. The van der Waals surface area contributed by atoms with Crippen molar-refractivity contribution in [3.63, 3.8) is 0 Å². The Morgan fingerprint density at radius 1 is 1.32 bits per heavy atom. The molecule has 0 aromatic carbocycles. The first-order valence-electron chi connectivity index (χ1n) is 9.35. The van der Waals surface area contributed by atoms with Crippen molar-refractivity contribution in [1.82, 2.24) is 14.8 Å². The van der Waals surface area contributed by atoms with Gasteiger partial charge in [0.15, 0.2) is 0 Å². The predicted molar refractivity (Wildman–Crippen MR) is 95.7 cm³/mol. The lowest BCUT2D eigenvalue weighted by Crippen LogP contribution is -2.53. The van der Waals surface area contributed by atoms with Crippen LogP contribution in [0.15, 0.2) is 18.3 Å². The summed E-state index contributed by atoms with van der Waals surface area (Å²) in [5.74, 6) is 0.791. The van der Waals surface area contributed by atoms with Gasteiger partial charge in [-0.2, -0.15) is 0 Å². The third kappa shape index (κ3) is 4.30. The lowest BCUT2D eigenvalue weighted by molar-refractivity contribution is 0.0313. The minimum atomic E-state index is -0.211. The summed E-state index contributed by atoms with van der Waals surface area (Å²) in [4.78, 5) is 21.3. The average molecular weight is 347 g/mol. The Labute approximate surface area is 149 Å². The van der Waals surface area contributed by atoms with Gasteiger partial charge in [0.25, 0.3) is 5.91 Å². The Hall–Kier alpha value is -1.66. The van der Waals surface area contributed by atoms with Crippen molar-refractivity contribution < 1.29 is 14.6 Å². The Morgan fingerprint density at radius 3 is 2.72 bits per heavy atom. The highest BCUT2D eigenvalue weighted by molar-refractivity contribution is 5.96. The van der Waals surface area contributed by atoms with Crippen molar-refractivity contribution in [2.75, 3.05) is 32.8 Å². The van der Waals surface area contributed by atoms with Gasteiger partial charge in [0.2, 0.25) is 5.88 Å². The minimum Gasteiger partial charge on any atom is -0.477 e. The van der Waals surface area contributed by atoms with Crippen molar-refractivity contribution in [1.29, 1.82) is 0 Å². The molecule has 3 rings (SSSR count). The molecule has 1 aliphatic heterocycles. The molecule has 25 heavy (non-hydrogen) atoms. The Morgan fingerprint density at radius 2 is 2.08 bits per heavy atom. The van der Waals surface area contributed by atoms with Crippen LogP contribution in [0.5, 0.6) is 5.88 Å². The van der Waals surface area contributed by atoms with Crippen molar-refractivity contribution in [3.05, 3.63) is 23.9 Å². The largest absolute Gasteiger partial charge is 0.477 e. The number of aromatic nitrogens is 1. The molecule has 0 bridgehead atoms. The van der Waals surface area contributed by atoms with Crippen LogP contribution in [0.3, 0.4) is 0 Å². The number of pyridine rings is 1. The van der Waals surface area contributed by atoms with Gasteiger partial charge in [0.05, 0.1) is 12.7 Å². The maximum absolute atomic E-state index is 12.9. The van der Waals surface area contributed by atoms with Crippen molar-refractivity contribution in [2.45, 2.75) is 45.3 Å². The van der Waals surface area contributed by atoms with Gasteiger partial charge < -0.3 is 14.7 Å². The number of nitrogens with zero attached hydrogens (tertiary/aromatic N) is 3. The van der Waals surface area contributed by atoms with Crippen molar-refractivity contribution in [3.8, 4) is 5.88 Å². The van der Waals surface area contributed by atoms with Crippen LogP contribution in [0.25, 0.3) is 0 Å². The van der Waals surface area contributed by atoms with Gasteiger partial charge in [-0.15, -0.1) is 0 Å². The SMILES string of the molecule is CC(C)COc1ncccc1C(=O)N1CCN([C@H]2CCC[C@@H]2O)CC1. The molecule has 1 N–H and O–H groups in total. The molecule has 1 saturated heterocycles. The van der Waals surface area contributed by atoms with E-state index in [9.17, 15) is 9.90 Å². The number of hydrogen-bond acceptors (Lipinski definition) is 5. The van der Waals surface area contributed by atoms with Crippen LogP contribution in [-0.2, 0) is 0 Å². The van der Waals surface area contributed by atoms with E-state index >= 15 is 0 Å². The second kappa shape index (κ2) is 8.15. The molecular weight excluding hydrogens is 318 g/mol. The minimum absolute atomic E-state index is 0.0153. The van der Waals surface area contributed by atoms with Gasteiger partial charge in [-0.3, -0.25) is 9.69 Å². The number of aliphatic hydroxyl groups is 1. The Bertz CT molecular complexity index is 585. The Balaban J connectivity index is 1.61. The van der Waals surface area contributed by atoms with E-state index in [0.717, 1.165) is 32.4 Å². The summed E-state index contributed by atoms with van der Waals surface area (Å²) in [7, 11) is 0. The lowest BCUT2D eigenvalue weighted by Gasteiger charge is -2.39. The number of rotatable bonds is 5. The van der Waals surface area contributed by atoms with Crippen LogP contribution < -0.4 is 4.74 Å². The molecule has 0 unspecified atom stereocenters. The van der Waals surface area contributed by atoms with Gasteiger partial charge >= 0.3 is 0 Å².